The summed E-state index contributed by atoms with van der Waals surface area (Å²) in [4.78, 5) is 12.8. The maximum absolute atomic E-state index is 12.8. The van der Waals surface area contributed by atoms with Crippen LogP contribution in [-0.2, 0) is 6.54 Å². The van der Waals surface area contributed by atoms with Gasteiger partial charge in [-0.25, -0.2) is 0 Å². The van der Waals surface area contributed by atoms with Crippen molar-refractivity contribution in [2.75, 3.05) is 7.11 Å². The molecule has 0 aliphatic rings. The number of hydrogen-bond donors (Lipinski definition) is 1. The fraction of sp³-hybridized carbons (Fsp3) is 0.238. The lowest BCUT2D eigenvalue weighted by molar-refractivity contribution is 0.242. The highest BCUT2D eigenvalue weighted by Gasteiger charge is 2.17. The Kier molecular flexibility index (Phi) is 5.04. The van der Waals surface area contributed by atoms with Gasteiger partial charge in [0.15, 0.2) is 5.56 Å². The quantitative estimate of drug-likeness (QED) is 0.750. The average Bonchev–Trinajstić information content (AvgIpc) is 2.65. The summed E-state index contributed by atoms with van der Waals surface area (Å²) in [6.45, 7) is 4.06. The van der Waals surface area contributed by atoms with Gasteiger partial charge in [-0.1, -0.05) is 12.1 Å². The molecule has 6 nitrogen and oxygen atoms in total. The molecular formula is C21H20N2O4. The minimum atomic E-state index is -0.542. The fourth-order valence-corrected chi connectivity index (χ4v) is 2.93. The van der Waals surface area contributed by atoms with Gasteiger partial charge < -0.3 is 19.1 Å². The second-order valence-electron chi connectivity index (χ2n) is 6.42. The van der Waals surface area contributed by atoms with Crippen molar-refractivity contribution >= 4 is 10.9 Å². The summed E-state index contributed by atoms with van der Waals surface area (Å²) in [5.74, 6) is 0.996. The van der Waals surface area contributed by atoms with Gasteiger partial charge in [0.1, 0.15) is 23.3 Å². The van der Waals surface area contributed by atoms with Crippen LogP contribution < -0.4 is 15.0 Å². The highest BCUT2D eigenvalue weighted by Crippen LogP contribution is 2.30. The van der Waals surface area contributed by atoms with Gasteiger partial charge in [-0.15, -0.1) is 0 Å². The van der Waals surface area contributed by atoms with E-state index in [1.54, 1.807) is 25.3 Å². The SMILES string of the molecule is COc1ccc(Cn2c(=O)c(C#N)c(O)c3ccc(OC(C)C)cc32)cc1. The van der Waals surface area contributed by atoms with Crippen LogP contribution in [0.5, 0.6) is 17.2 Å². The van der Waals surface area contributed by atoms with Gasteiger partial charge >= 0.3 is 0 Å². The Bertz CT molecular complexity index is 1080. The number of pyridine rings is 1. The van der Waals surface area contributed by atoms with Gasteiger partial charge in [-0.2, -0.15) is 5.26 Å². The molecule has 0 aliphatic carbocycles. The molecule has 3 aromatic rings. The smallest absolute Gasteiger partial charge is 0.273 e. The molecule has 1 heterocycles. The van der Waals surface area contributed by atoms with Crippen LogP contribution >= 0.6 is 0 Å². The number of nitriles is 1. The predicted octanol–water partition coefficient (Wildman–Crippen LogP) is 3.42. The number of methoxy groups -OCH3 is 1. The highest BCUT2D eigenvalue weighted by atomic mass is 16.5. The van der Waals surface area contributed by atoms with Crippen molar-refractivity contribution < 1.29 is 14.6 Å². The first-order valence-electron chi connectivity index (χ1n) is 8.53. The van der Waals surface area contributed by atoms with Gasteiger partial charge in [0.2, 0.25) is 0 Å². The van der Waals surface area contributed by atoms with E-state index in [9.17, 15) is 15.2 Å². The van der Waals surface area contributed by atoms with E-state index in [0.717, 1.165) is 5.56 Å². The van der Waals surface area contributed by atoms with Crippen LogP contribution in [-0.4, -0.2) is 22.9 Å². The lowest BCUT2D eigenvalue weighted by atomic mass is 10.1. The maximum Gasteiger partial charge on any atom is 0.273 e. The largest absolute Gasteiger partial charge is 0.506 e. The van der Waals surface area contributed by atoms with Crippen molar-refractivity contribution in [1.29, 1.82) is 5.26 Å². The normalized spacial score (nSPS) is 10.8. The Morgan fingerprint density at radius 2 is 1.81 bits per heavy atom. The maximum atomic E-state index is 12.8. The molecule has 0 saturated carbocycles. The summed E-state index contributed by atoms with van der Waals surface area (Å²) >= 11 is 0. The van der Waals surface area contributed by atoms with Crippen molar-refractivity contribution in [3.8, 4) is 23.3 Å². The van der Waals surface area contributed by atoms with Crippen LogP contribution in [0.4, 0.5) is 0 Å². The lowest BCUT2D eigenvalue weighted by Gasteiger charge is -2.15. The second-order valence-corrected chi connectivity index (χ2v) is 6.42. The number of benzene rings is 2. The molecule has 0 amide bonds. The summed E-state index contributed by atoms with van der Waals surface area (Å²) in [5, 5.41) is 20.1. The minimum Gasteiger partial charge on any atom is -0.506 e. The van der Waals surface area contributed by atoms with E-state index in [0.29, 0.717) is 22.4 Å². The van der Waals surface area contributed by atoms with Crippen LogP contribution in [0, 0.1) is 11.3 Å². The first kappa shape index (κ1) is 18.3. The molecule has 0 spiro atoms. The Balaban J connectivity index is 2.20. The molecule has 1 N–H and O–H groups in total. The van der Waals surface area contributed by atoms with Gasteiger partial charge in [-0.05, 0) is 43.7 Å². The number of nitrogens with zero attached hydrogens (tertiary/aromatic N) is 2. The molecule has 0 bridgehead atoms. The monoisotopic (exact) mass is 364 g/mol. The molecule has 0 aliphatic heterocycles. The topological polar surface area (TPSA) is 84.5 Å². The molecule has 6 heteroatoms. The van der Waals surface area contributed by atoms with E-state index in [-0.39, 0.29) is 24.0 Å². The van der Waals surface area contributed by atoms with Crippen LogP contribution in [0.2, 0.25) is 0 Å². The Morgan fingerprint density at radius 3 is 2.41 bits per heavy atom. The molecule has 1 aromatic heterocycles. The zero-order chi connectivity index (χ0) is 19.6. The highest BCUT2D eigenvalue weighted by molar-refractivity contribution is 5.88. The molecule has 3 rings (SSSR count). The molecule has 27 heavy (non-hydrogen) atoms. The van der Waals surface area contributed by atoms with Crippen LogP contribution in [0.1, 0.15) is 25.0 Å². The van der Waals surface area contributed by atoms with Crippen LogP contribution in [0.25, 0.3) is 10.9 Å². The summed E-state index contributed by atoms with van der Waals surface area (Å²) in [6.07, 6.45) is -0.0313. The zero-order valence-electron chi connectivity index (χ0n) is 15.4. The molecule has 0 saturated heterocycles. The molecular weight excluding hydrogens is 344 g/mol. The minimum absolute atomic E-state index is 0.0313. The third-order valence-corrected chi connectivity index (χ3v) is 4.19. The third kappa shape index (κ3) is 3.58. The lowest BCUT2D eigenvalue weighted by Crippen LogP contribution is -2.24. The van der Waals surface area contributed by atoms with E-state index in [2.05, 4.69) is 0 Å². The zero-order valence-corrected chi connectivity index (χ0v) is 15.4. The summed E-state index contributed by atoms with van der Waals surface area (Å²) in [5.41, 5.74) is 0.558. The number of hydrogen-bond acceptors (Lipinski definition) is 5. The van der Waals surface area contributed by atoms with Gasteiger partial charge in [0.05, 0.1) is 25.3 Å². The average molecular weight is 364 g/mol. The van der Waals surface area contributed by atoms with Crippen molar-refractivity contribution in [2.45, 2.75) is 26.5 Å². The molecule has 2 aromatic carbocycles. The Labute approximate surface area is 156 Å². The molecule has 0 radical (unpaired) electrons. The number of aromatic hydroxyl groups is 1. The first-order valence-corrected chi connectivity index (χ1v) is 8.53. The first-order chi connectivity index (χ1) is 12.9. The van der Waals surface area contributed by atoms with Crippen LogP contribution in [0.3, 0.4) is 0 Å². The van der Waals surface area contributed by atoms with E-state index >= 15 is 0 Å². The van der Waals surface area contributed by atoms with E-state index in [1.165, 1.54) is 4.57 Å². The van der Waals surface area contributed by atoms with E-state index in [1.807, 2.05) is 44.2 Å². The van der Waals surface area contributed by atoms with Gasteiger partial charge in [0, 0.05) is 11.5 Å². The number of ether oxygens (including phenoxy) is 2. The third-order valence-electron chi connectivity index (χ3n) is 4.19. The Hall–Kier alpha value is -3.46. The van der Waals surface area contributed by atoms with E-state index in [4.69, 9.17) is 9.47 Å². The number of rotatable bonds is 5. The second kappa shape index (κ2) is 7.42. The van der Waals surface area contributed by atoms with Crippen molar-refractivity contribution in [3.05, 3.63) is 63.9 Å². The summed E-state index contributed by atoms with van der Waals surface area (Å²) in [7, 11) is 1.59. The van der Waals surface area contributed by atoms with Gasteiger partial charge in [0.25, 0.3) is 5.56 Å². The standard InChI is InChI=1S/C21H20N2O4/c1-13(2)27-16-8-9-17-19(10-16)23(21(25)18(11-22)20(17)24)12-14-4-6-15(26-3)7-5-14/h4-10,13,24H,12H2,1-3H3. The van der Waals surface area contributed by atoms with Crippen molar-refractivity contribution in [1.82, 2.24) is 4.57 Å². The van der Waals surface area contributed by atoms with Crippen molar-refractivity contribution in [3.63, 3.8) is 0 Å². The number of aromatic nitrogens is 1. The fourth-order valence-electron chi connectivity index (χ4n) is 2.93. The van der Waals surface area contributed by atoms with Gasteiger partial charge in [-0.3, -0.25) is 4.79 Å². The summed E-state index contributed by atoms with van der Waals surface area (Å²) in [6, 6.07) is 14.2. The molecule has 0 fully saturated rings. The summed E-state index contributed by atoms with van der Waals surface area (Å²) < 4.78 is 12.3. The molecule has 0 atom stereocenters. The Morgan fingerprint density at radius 1 is 1.15 bits per heavy atom. The van der Waals surface area contributed by atoms with E-state index < -0.39 is 5.56 Å². The predicted molar refractivity (Wildman–Crippen MR) is 102 cm³/mol. The van der Waals surface area contributed by atoms with Crippen molar-refractivity contribution in [2.24, 2.45) is 0 Å². The number of fused-ring (bicyclic) bond motifs is 1. The van der Waals surface area contributed by atoms with Crippen LogP contribution in [0.15, 0.2) is 47.3 Å². The molecule has 138 valence electrons. The molecule has 0 unspecified atom stereocenters.